The summed E-state index contributed by atoms with van der Waals surface area (Å²) in [5, 5.41) is 11.9. The van der Waals surface area contributed by atoms with Gasteiger partial charge in [-0.1, -0.05) is 0 Å². The SMILES string of the molecule is c1cncc(-c2nccc3[nH]c(-c4n[nH]c5cnc(-c6cncc(OC7CCNCC7)c6)cc45)nc23)c1. The van der Waals surface area contributed by atoms with Crippen molar-refractivity contribution >= 4 is 21.9 Å². The number of imidazole rings is 1. The van der Waals surface area contributed by atoms with Crippen LogP contribution >= 0.6 is 0 Å². The van der Waals surface area contributed by atoms with Gasteiger partial charge in [-0.15, -0.1) is 0 Å². The maximum atomic E-state index is 6.19. The Balaban J connectivity index is 1.26. The molecule has 1 fully saturated rings. The summed E-state index contributed by atoms with van der Waals surface area (Å²) < 4.78 is 6.19. The quantitative estimate of drug-likeness (QED) is 0.329. The van der Waals surface area contributed by atoms with Crippen molar-refractivity contribution in [3.05, 3.63) is 67.5 Å². The summed E-state index contributed by atoms with van der Waals surface area (Å²) in [6.07, 6.45) is 12.8. The van der Waals surface area contributed by atoms with E-state index < -0.39 is 0 Å². The summed E-state index contributed by atoms with van der Waals surface area (Å²) in [5.74, 6) is 1.41. The van der Waals surface area contributed by atoms with Crippen molar-refractivity contribution in [2.24, 2.45) is 0 Å². The first-order valence-electron chi connectivity index (χ1n) is 12.2. The normalized spacial score (nSPS) is 14.4. The molecule has 10 heteroatoms. The van der Waals surface area contributed by atoms with Gasteiger partial charge in [-0.2, -0.15) is 5.10 Å². The molecule has 0 atom stereocenters. The summed E-state index contributed by atoms with van der Waals surface area (Å²) in [5.41, 5.74) is 6.52. The molecule has 6 aromatic heterocycles. The minimum Gasteiger partial charge on any atom is -0.489 e. The largest absolute Gasteiger partial charge is 0.489 e. The van der Waals surface area contributed by atoms with Gasteiger partial charge in [-0.25, -0.2) is 4.98 Å². The number of rotatable bonds is 5. The van der Waals surface area contributed by atoms with Gasteiger partial charge < -0.3 is 15.0 Å². The Morgan fingerprint density at radius 2 is 1.76 bits per heavy atom. The van der Waals surface area contributed by atoms with Gasteiger partial charge in [0, 0.05) is 41.3 Å². The van der Waals surface area contributed by atoms with Gasteiger partial charge in [0.1, 0.15) is 23.1 Å². The van der Waals surface area contributed by atoms with Crippen LogP contribution in [0.1, 0.15) is 12.8 Å². The van der Waals surface area contributed by atoms with E-state index >= 15 is 0 Å². The van der Waals surface area contributed by atoms with E-state index in [-0.39, 0.29) is 6.10 Å². The van der Waals surface area contributed by atoms with Gasteiger partial charge in [0.15, 0.2) is 5.82 Å². The fraction of sp³-hybridized carbons (Fsp3) is 0.185. The van der Waals surface area contributed by atoms with E-state index in [1.807, 2.05) is 30.3 Å². The topological polar surface area (TPSA) is 130 Å². The van der Waals surface area contributed by atoms with Crippen molar-refractivity contribution in [1.82, 2.24) is 45.4 Å². The molecule has 6 aromatic rings. The second-order valence-electron chi connectivity index (χ2n) is 9.05. The van der Waals surface area contributed by atoms with Crippen LogP contribution < -0.4 is 10.1 Å². The molecule has 1 aliphatic rings. The van der Waals surface area contributed by atoms with Crippen molar-refractivity contribution < 1.29 is 4.74 Å². The second-order valence-corrected chi connectivity index (χ2v) is 9.05. The lowest BCUT2D eigenvalue weighted by Crippen LogP contribution is -2.34. The zero-order valence-electron chi connectivity index (χ0n) is 19.8. The summed E-state index contributed by atoms with van der Waals surface area (Å²) in [4.78, 5) is 26.1. The number of aromatic nitrogens is 8. The first kappa shape index (κ1) is 21.6. The number of nitrogens with one attached hydrogen (secondary N) is 3. The predicted octanol–water partition coefficient (Wildman–Crippen LogP) is 4.15. The number of fused-ring (bicyclic) bond motifs is 2. The van der Waals surface area contributed by atoms with E-state index in [1.165, 1.54) is 0 Å². The zero-order valence-corrected chi connectivity index (χ0v) is 19.8. The van der Waals surface area contributed by atoms with Crippen LogP contribution in [0, 0.1) is 0 Å². The third-order valence-corrected chi connectivity index (χ3v) is 6.61. The van der Waals surface area contributed by atoms with Crippen molar-refractivity contribution in [2.45, 2.75) is 18.9 Å². The lowest BCUT2D eigenvalue weighted by Gasteiger charge is -2.23. The lowest BCUT2D eigenvalue weighted by atomic mass is 10.1. The van der Waals surface area contributed by atoms with Gasteiger partial charge in [0.05, 0.1) is 34.8 Å². The molecule has 7 heterocycles. The molecule has 1 saturated heterocycles. The Morgan fingerprint density at radius 3 is 2.65 bits per heavy atom. The van der Waals surface area contributed by atoms with E-state index in [9.17, 15) is 0 Å². The summed E-state index contributed by atoms with van der Waals surface area (Å²) in [6, 6.07) is 9.78. The molecule has 3 N–H and O–H groups in total. The number of pyridine rings is 4. The molecule has 7 rings (SSSR count). The summed E-state index contributed by atoms with van der Waals surface area (Å²) in [6.45, 7) is 1.95. The minimum absolute atomic E-state index is 0.202. The van der Waals surface area contributed by atoms with E-state index in [1.54, 1.807) is 37.2 Å². The Labute approximate surface area is 211 Å². The molecule has 0 spiro atoms. The lowest BCUT2D eigenvalue weighted by molar-refractivity contribution is 0.162. The van der Waals surface area contributed by atoms with Crippen LogP contribution in [-0.4, -0.2) is 59.3 Å². The van der Waals surface area contributed by atoms with Crippen molar-refractivity contribution in [2.75, 3.05) is 13.1 Å². The van der Waals surface area contributed by atoms with Crippen LogP contribution in [0.25, 0.3) is 56.0 Å². The first-order valence-corrected chi connectivity index (χ1v) is 12.2. The van der Waals surface area contributed by atoms with Crippen LogP contribution in [0.3, 0.4) is 0 Å². The fourth-order valence-electron chi connectivity index (χ4n) is 4.75. The standard InChI is InChI=1S/C27H23N9O/c1-2-16(12-29-6-1)24-26-21(5-9-31-24)33-27(34-26)25-20-11-22(32-15-23(20)35-36-25)17-10-19(14-30-13-17)37-18-3-7-28-8-4-18/h1-2,5-6,9-15,18,28H,3-4,7-8H2,(H,33,34)(H,35,36). The van der Waals surface area contributed by atoms with Crippen LogP contribution in [0.15, 0.2) is 67.5 Å². The maximum absolute atomic E-state index is 6.19. The van der Waals surface area contributed by atoms with Crippen LogP contribution in [0.5, 0.6) is 5.75 Å². The third kappa shape index (κ3) is 4.07. The zero-order chi connectivity index (χ0) is 24.6. The fourth-order valence-corrected chi connectivity index (χ4v) is 4.75. The van der Waals surface area contributed by atoms with Crippen molar-refractivity contribution in [1.29, 1.82) is 0 Å². The monoisotopic (exact) mass is 489 g/mol. The molecule has 0 saturated carbocycles. The van der Waals surface area contributed by atoms with Gasteiger partial charge in [0.2, 0.25) is 0 Å². The average molecular weight is 490 g/mol. The number of H-pyrrole nitrogens is 2. The number of aromatic amines is 2. The summed E-state index contributed by atoms with van der Waals surface area (Å²) >= 11 is 0. The maximum Gasteiger partial charge on any atom is 0.159 e. The molecule has 10 nitrogen and oxygen atoms in total. The van der Waals surface area contributed by atoms with Gasteiger partial charge in [-0.05, 0) is 56.3 Å². The number of nitrogens with zero attached hydrogens (tertiary/aromatic N) is 6. The molecule has 0 unspecified atom stereocenters. The number of ether oxygens (including phenoxy) is 1. The molecular weight excluding hydrogens is 466 g/mol. The van der Waals surface area contributed by atoms with Gasteiger partial charge >= 0.3 is 0 Å². The molecule has 0 aromatic carbocycles. The average Bonchev–Trinajstić information content (AvgIpc) is 3.58. The molecule has 0 radical (unpaired) electrons. The molecule has 37 heavy (non-hydrogen) atoms. The number of hydrogen-bond donors (Lipinski definition) is 3. The van der Waals surface area contributed by atoms with Crippen LogP contribution in [-0.2, 0) is 0 Å². The van der Waals surface area contributed by atoms with Crippen LogP contribution in [0.4, 0.5) is 0 Å². The second kappa shape index (κ2) is 9.07. The Kier molecular flexibility index (Phi) is 5.29. The number of hydrogen-bond acceptors (Lipinski definition) is 8. The minimum atomic E-state index is 0.202. The molecule has 0 bridgehead atoms. The molecular formula is C27H23N9O. The highest BCUT2D eigenvalue weighted by molar-refractivity contribution is 5.96. The van der Waals surface area contributed by atoms with Crippen molar-refractivity contribution in [3.63, 3.8) is 0 Å². The highest BCUT2D eigenvalue weighted by atomic mass is 16.5. The highest BCUT2D eigenvalue weighted by Gasteiger charge is 2.18. The van der Waals surface area contributed by atoms with Crippen molar-refractivity contribution in [3.8, 4) is 39.8 Å². The van der Waals surface area contributed by atoms with Crippen LogP contribution in [0.2, 0.25) is 0 Å². The predicted molar refractivity (Wildman–Crippen MR) is 140 cm³/mol. The Morgan fingerprint density at radius 1 is 0.838 bits per heavy atom. The van der Waals surface area contributed by atoms with E-state index in [2.05, 4.69) is 40.4 Å². The number of piperidine rings is 1. The van der Waals surface area contributed by atoms with Gasteiger partial charge in [-0.3, -0.25) is 25.0 Å². The summed E-state index contributed by atoms with van der Waals surface area (Å²) in [7, 11) is 0. The molecule has 1 aliphatic heterocycles. The molecule has 182 valence electrons. The van der Waals surface area contributed by atoms with E-state index in [0.717, 1.165) is 76.1 Å². The molecule has 0 aliphatic carbocycles. The van der Waals surface area contributed by atoms with E-state index in [4.69, 9.17) is 9.72 Å². The Hall–Kier alpha value is -4.70. The smallest absolute Gasteiger partial charge is 0.159 e. The Bertz CT molecular complexity index is 1700. The third-order valence-electron chi connectivity index (χ3n) is 6.61. The van der Waals surface area contributed by atoms with E-state index in [0.29, 0.717) is 11.5 Å². The van der Waals surface area contributed by atoms with Gasteiger partial charge in [0.25, 0.3) is 0 Å². The molecule has 0 amide bonds. The first-order chi connectivity index (χ1) is 18.3. The highest BCUT2D eigenvalue weighted by Crippen LogP contribution is 2.32.